The van der Waals surface area contributed by atoms with E-state index in [9.17, 15) is 15.4 Å². The zero-order valence-corrected chi connectivity index (χ0v) is 16.4. The summed E-state index contributed by atoms with van der Waals surface area (Å²) in [5.74, 6) is 1.69. The van der Waals surface area contributed by atoms with Crippen LogP contribution in [-0.4, -0.2) is 23.8 Å². The summed E-state index contributed by atoms with van der Waals surface area (Å²) < 4.78 is 15.7. The Hall–Kier alpha value is -4.10. The van der Waals surface area contributed by atoms with E-state index in [1.807, 2.05) is 23.6 Å². The molecule has 150 valence electrons. The second-order valence-electron chi connectivity index (χ2n) is 6.06. The van der Waals surface area contributed by atoms with Gasteiger partial charge in [0.2, 0.25) is 6.79 Å². The molecule has 1 aromatic heterocycles. The number of hydrogen-bond acceptors (Lipinski definition) is 9. The molecule has 0 spiro atoms. The Labute approximate surface area is 174 Å². The van der Waals surface area contributed by atoms with E-state index < -0.39 is 4.92 Å². The van der Waals surface area contributed by atoms with Crippen LogP contribution < -0.4 is 19.5 Å². The van der Waals surface area contributed by atoms with Crippen molar-refractivity contribution in [2.75, 3.05) is 19.2 Å². The van der Waals surface area contributed by atoms with Crippen molar-refractivity contribution in [3.8, 4) is 34.6 Å². The number of hydrogen-bond donors (Lipinski definition) is 1. The fraction of sp³-hybridized carbons (Fsp3) is 0.100. The number of nitrogens with one attached hydrogen (secondary N) is 1. The molecule has 0 radical (unpaired) electrons. The summed E-state index contributed by atoms with van der Waals surface area (Å²) in [4.78, 5) is 15.3. The van der Waals surface area contributed by atoms with E-state index in [2.05, 4.69) is 16.4 Å². The maximum Gasteiger partial charge on any atom is 0.296 e. The van der Waals surface area contributed by atoms with Crippen molar-refractivity contribution in [2.45, 2.75) is 0 Å². The highest BCUT2D eigenvalue weighted by Crippen LogP contribution is 2.36. The van der Waals surface area contributed by atoms with Crippen molar-refractivity contribution >= 4 is 28.3 Å². The lowest BCUT2D eigenvalue weighted by Crippen LogP contribution is -1.98. The number of aromatic nitrogens is 1. The Morgan fingerprint density at radius 2 is 2.17 bits per heavy atom. The Morgan fingerprint density at radius 1 is 1.33 bits per heavy atom. The van der Waals surface area contributed by atoms with Crippen LogP contribution in [-0.2, 0) is 0 Å². The lowest BCUT2D eigenvalue weighted by molar-refractivity contribution is -0.384. The monoisotopic (exact) mass is 422 g/mol. The van der Waals surface area contributed by atoms with E-state index in [0.717, 1.165) is 5.56 Å². The van der Waals surface area contributed by atoms with Gasteiger partial charge >= 0.3 is 0 Å². The summed E-state index contributed by atoms with van der Waals surface area (Å²) in [6, 6.07) is 12.0. The second-order valence-corrected chi connectivity index (χ2v) is 6.92. The van der Waals surface area contributed by atoms with Gasteiger partial charge in [-0.1, -0.05) is 0 Å². The predicted molar refractivity (Wildman–Crippen MR) is 111 cm³/mol. The summed E-state index contributed by atoms with van der Waals surface area (Å²) in [6.45, 7) is 0.186. The minimum Gasteiger partial charge on any atom is -0.496 e. The number of nitro benzene ring substituents is 1. The van der Waals surface area contributed by atoms with Gasteiger partial charge in [0.05, 0.1) is 23.8 Å². The molecule has 10 heteroatoms. The van der Waals surface area contributed by atoms with Gasteiger partial charge in [-0.2, -0.15) is 5.26 Å². The number of methoxy groups -OCH3 is 1. The third kappa shape index (κ3) is 3.74. The van der Waals surface area contributed by atoms with Gasteiger partial charge in [-0.3, -0.25) is 10.1 Å². The summed E-state index contributed by atoms with van der Waals surface area (Å²) in [6.07, 6.45) is 1.40. The number of nitrogens with zero attached hydrogens (tertiary/aromatic N) is 3. The van der Waals surface area contributed by atoms with Gasteiger partial charge < -0.3 is 19.5 Å². The molecule has 1 aliphatic heterocycles. The molecule has 0 unspecified atom stereocenters. The third-order valence-electron chi connectivity index (χ3n) is 4.30. The first kappa shape index (κ1) is 19.2. The normalized spacial score (nSPS) is 12.3. The second kappa shape index (κ2) is 8.10. The molecule has 0 bridgehead atoms. The summed E-state index contributed by atoms with van der Waals surface area (Å²) in [5.41, 5.74) is 1.84. The highest BCUT2D eigenvalue weighted by molar-refractivity contribution is 7.11. The number of nitro groups is 1. The maximum absolute atomic E-state index is 11.3. The fourth-order valence-electron chi connectivity index (χ4n) is 2.79. The van der Waals surface area contributed by atoms with E-state index in [4.69, 9.17) is 14.2 Å². The van der Waals surface area contributed by atoms with Crippen molar-refractivity contribution in [3.05, 3.63) is 63.1 Å². The summed E-state index contributed by atoms with van der Waals surface area (Å²) >= 11 is 1.29. The molecule has 1 aliphatic rings. The van der Waals surface area contributed by atoms with Crippen molar-refractivity contribution in [1.82, 2.24) is 4.98 Å². The van der Waals surface area contributed by atoms with Gasteiger partial charge in [-0.05, 0) is 30.3 Å². The van der Waals surface area contributed by atoms with Crippen molar-refractivity contribution in [2.24, 2.45) is 0 Å². The Morgan fingerprint density at radius 3 is 2.93 bits per heavy atom. The maximum atomic E-state index is 11.3. The number of ether oxygens (including phenoxy) is 3. The molecule has 0 atom stereocenters. The minimum absolute atomic E-state index is 0.164. The van der Waals surface area contributed by atoms with Gasteiger partial charge in [-0.15, -0.1) is 11.3 Å². The Bertz CT molecular complexity index is 1200. The van der Waals surface area contributed by atoms with E-state index in [1.165, 1.54) is 36.8 Å². The average molecular weight is 422 g/mol. The number of nitriles is 1. The Kier molecular flexibility index (Phi) is 5.19. The molecule has 0 saturated carbocycles. The molecule has 0 fully saturated rings. The fourth-order valence-corrected chi connectivity index (χ4v) is 3.58. The van der Waals surface area contributed by atoms with E-state index in [-0.39, 0.29) is 23.7 Å². The quantitative estimate of drug-likeness (QED) is 0.352. The van der Waals surface area contributed by atoms with Crippen LogP contribution in [0.25, 0.3) is 16.8 Å². The van der Waals surface area contributed by atoms with Crippen LogP contribution in [0, 0.1) is 21.4 Å². The molecule has 9 nitrogen and oxygen atoms in total. The van der Waals surface area contributed by atoms with Crippen molar-refractivity contribution in [1.29, 1.82) is 5.26 Å². The Balaban J connectivity index is 1.59. The molecular weight excluding hydrogens is 408 g/mol. The largest absolute Gasteiger partial charge is 0.496 e. The number of anilines is 1. The molecule has 2 aromatic carbocycles. The lowest BCUT2D eigenvalue weighted by Gasteiger charge is -2.05. The molecule has 0 saturated heterocycles. The van der Waals surface area contributed by atoms with Crippen LogP contribution >= 0.6 is 11.3 Å². The smallest absolute Gasteiger partial charge is 0.296 e. The molecule has 0 aliphatic carbocycles. The molecule has 30 heavy (non-hydrogen) atoms. The number of benzene rings is 2. The highest BCUT2D eigenvalue weighted by atomic mass is 32.1. The number of rotatable bonds is 6. The van der Waals surface area contributed by atoms with Gasteiger partial charge in [0.15, 0.2) is 11.5 Å². The molecule has 1 N–H and O–H groups in total. The summed E-state index contributed by atoms with van der Waals surface area (Å²) in [5, 5.41) is 26.0. The molecule has 0 amide bonds. The van der Waals surface area contributed by atoms with Crippen molar-refractivity contribution < 1.29 is 19.1 Å². The third-order valence-corrected chi connectivity index (χ3v) is 5.17. The first-order valence-electron chi connectivity index (χ1n) is 8.64. The van der Waals surface area contributed by atoms with E-state index in [1.54, 1.807) is 6.07 Å². The van der Waals surface area contributed by atoms with Crippen LogP contribution in [0.4, 0.5) is 11.4 Å². The SMILES string of the molecule is COc1ccc(N/C=C(\C#N)c2nc(-c3ccc4c(c3)OCO4)cs2)c([N+](=O)[O-])c1. The van der Waals surface area contributed by atoms with Gasteiger partial charge in [0.1, 0.15) is 28.1 Å². The zero-order valence-electron chi connectivity index (χ0n) is 15.6. The molecule has 3 aromatic rings. The van der Waals surface area contributed by atoms with Crippen molar-refractivity contribution in [3.63, 3.8) is 0 Å². The first-order chi connectivity index (χ1) is 14.6. The van der Waals surface area contributed by atoms with Crippen LogP contribution in [0.5, 0.6) is 17.2 Å². The summed E-state index contributed by atoms with van der Waals surface area (Å²) in [7, 11) is 1.43. The molecular formula is C20H14N4O5S. The van der Waals surface area contributed by atoms with Crippen LogP contribution in [0.2, 0.25) is 0 Å². The topological polar surface area (TPSA) is 120 Å². The van der Waals surface area contributed by atoms with Crippen LogP contribution in [0.15, 0.2) is 48.0 Å². The van der Waals surface area contributed by atoms with Gasteiger partial charge in [0.25, 0.3) is 5.69 Å². The van der Waals surface area contributed by atoms with Crippen LogP contribution in [0.1, 0.15) is 5.01 Å². The molecule has 4 rings (SSSR count). The van der Waals surface area contributed by atoms with Gasteiger partial charge in [0, 0.05) is 17.1 Å². The lowest BCUT2D eigenvalue weighted by atomic mass is 10.1. The van der Waals surface area contributed by atoms with E-state index in [0.29, 0.717) is 28.0 Å². The van der Waals surface area contributed by atoms with E-state index >= 15 is 0 Å². The first-order valence-corrected chi connectivity index (χ1v) is 9.52. The van der Waals surface area contributed by atoms with Gasteiger partial charge in [-0.25, -0.2) is 4.98 Å². The van der Waals surface area contributed by atoms with Crippen LogP contribution in [0.3, 0.4) is 0 Å². The minimum atomic E-state index is -0.522. The highest BCUT2D eigenvalue weighted by Gasteiger charge is 2.17. The predicted octanol–water partition coefficient (Wildman–Crippen LogP) is 4.43. The average Bonchev–Trinajstić information content (AvgIpc) is 3.43. The zero-order chi connectivity index (χ0) is 21.1. The molecule has 2 heterocycles. The number of allylic oxidation sites excluding steroid dienone is 1. The number of fused-ring (bicyclic) bond motifs is 1. The number of thiazole rings is 1. The standard InChI is InChI=1S/C20H14N4O5S/c1-27-14-3-4-15(17(7-14)24(25)26)22-9-13(8-21)20-23-16(10-30-20)12-2-5-18-19(6-12)29-11-28-18/h2-7,9-10,22H,11H2,1H3/b13-9+.